The third-order valence-electron chi connectivity index (χ3n) is 5.31. The average Bonchev–Trinajstić information content (AvgIpc) is 3.47. The number of amides is 1. The molecule has 2 fully saturated rings. The van der Waals surface area contributed by atoms with E-state index in [1.165, 1.54) is 11.3 Å². The van der Waals surface area contributed by atoms with Crippen LogP contribution in [0.3, 0.4) is 0 Å². The zero-order valence-corrected chi connectivity index (χ0v) is 18.1. The summed E-state index contributed by atoms with van der Waals surface area (Å²) < 4.78 is 43.8. The van der Waals surface area contributed by atoms with Crippen molar-refractivity contribution in [2.24, 2.45) is 0 Å². The van der Waals surface area contributed by atoms with E-state index < -0.39 is 12.1 Å². The first kappa shape index (κ1) is 24.1. The molecule has 4 heterocycles. The van der Waals surface area contributed by atoms with Crippen LogP contribution in [0, 0.1) is 6.92 Å². The molecule has 11 heteroatoms. The molecule has 2 aliphatic rings. The molecule has 0 bridgehead atoms. The molecule has 0 radical (unpaired) electrons. The lowest BCUT2D eigenvalue weighted by molar-refractivity contribution is -0.192. The summed E-state index contributed by atoms with van der Waals surface area (Å²) in [6, 6.07) is 5.93. The Bertz CT molecular complexity index is 937. The Morgan fingerprint density at radius 3 is 2.62 bits per heavy atom. The first-order chi connectivity index (χ1) is 15.1. The molecule has 2 atom stereocenters. The highest BCUT2D eigenvalue weighted by molar-refractivity contribution is 7.12. The van der Waals surface area contributed by atoms with E-state index >= 15 is 0 Å². The molecule has 2 aromatic heterocycles. The van der Waals surface area contributed by atoms with Crippen LogP contribution in [0.4, 0.5) is 13.2 Å². The summed E-state index contributed by atoms with van der Waals surface area (Å²) in [5.74, 6) is -2.62. The Balaban J connectivity index is 0.000000360. The summed E-state index contributed by atoms with van der Waals surface area (Å²) in [7, 11) is 0. The maximum absolute atomic E-state index is 12.7. The summed E-state index contributed by atoms with van der Waals surface area (Å²) >= 11 is 1.52. The number of hydrogen-bond acceptors (Lipinski definition) is 6. The third kappa shape index (κ3) is 6.05. The monoisotopic (exact) mass is 472 g/mol. The van der Waals surface area contributed by atoms with Gasteiger partial charge in [0.2, 0.25) is 0 Å². The number of carbonyl (C=O) groups is 2. The van der Waals surface area contributed by atoms with Crippen LogP contribution in [-0.2, 0) is 20.9 Å². The summed E-state index contributed by atoms with van der Waals surface area (Å²) in [5, 5.41) is 9.10. The van der Waals surface area contributed by atoms with Gasteiger partial charge in [-0.15, -0.1) is 11.3 Å². The molecule has 1 N–H and O–H groups in total. The zero-order chi connectivity index (χ0) is 23.4. The molecular formula is C21H23F3N2O5S. The lowest BCUT2D eigenvalue weighted by atomic mass is 9.98. The summed E-state index contributed by atoms with van der Waals surface area (Å²) in [6.07, 6.45) is 0.298. The summed E-state index contributed by atoms with van der Waals surface area (Å²) in [6.45, 7) is 4.59. The number of thiophene rings is 1. The maximum Gasteiger partial charge on any atom is 0.490 e. The molecule has 32 heavy (non-hydrogen) atoms. The molecule has 2 aromatic rings. The first-order valence-corrected chi connectivity index (χ1v) is 10.8. The molecule has 0 saturated carbocycles. The number of nitrogens with zero attached hydrogens (tertiary/aromatic N) is 2. The van der Waals surface area contributed by atoms with Crippen LogP contribution in [0.15, 0.2) is 36.0 Å². The van der Waals surface area contributed by atoms with Crippen LogP contribution >= 0.6 is 11.3 Å². The second-order valence-electron chi connectivity index (χ2n) is 7.70. The van der Waals surface area contributed by atoms with Crippen LogP contribution in [0.1, 0.15) is 33.6 Å². The number of carboxylic acids is 1. The fourth-order valence-electron chi connectivity index (χ4n) is 3.64. The molecule has 0 unspecified atom stereocenters. The summed E-state index contributed by atoms with van der Waals surface area (Å²) in [4.78, 5) is 28.4. The van der Waals surface area contributed by atoms with Crippen molar-refractivity contribution in [3.8, 4) is 0 Å². The molecule has 2 saturated heterocycles. The number of hydrogen-bond donors (Lipinski definition) is 1. The van der Waals surface area contributed by atoms with E-state index in [9.17, 15) is 18.0 Å². The minimum Gasteiger partial charge on any atom is -0.475 e. The van der Waals surface area contributed by atoms with Crippen molar-refractivity contribution in [2.45, 2.75) is 44.3 Å². The number of carbonyl (C=O) groups excluding carboxylic acids is 1. The second kappa shape index (κ2) is 9.97. The fourth-order valence-corrected chi connectivity index (χ4v) is 4.53. The SMILES string of the molecule is Cc1ccsc1C(=O)N1CC[C@]2(C[C@H](OCc3ccncc3)CO2)C1.O=C(O)C(F)(F)F. The molecule has 1 spiro atoms. The number of carboxylic acid groups (broad SMARTS) is 1. The van der Waals surface area contributed by atoms with Crippen molar-refractivity contribution >= 4 is 23.2 Å². The number of likely N-dealkylation sites (tertiary alicyclic amines) is 1. The van der Waals surface area contributed by atoms with E-state index in [1.54, 1.807) is 12.4 Å². The smallest absolute Gasteiger partial charge is 0.475 e. The molecular weight excluding hydrogens is 449 g/mol. The molecule has 174 valence electrons. The lowest BCUT2D eigenvalue weighted by Gasteiger charge is -2.23. The van der Waals surface area contributed by atoms with E-state index in [1.807, 2.05) is 35.4 Å². The van der Waals surface area contributed by atoms with E-state index in [-0.39, 0.29) is 17.6 Å². The Labute approximate surface area is 186 Å². The Hall–Kier alpha value is -2.50. The Kier molecular flexibility index (Phi) is 7.52. The van der Waals surface area contributed by atoms with Gasteiger partial charge in [0.25, 0.3) is 5.91 Å². The predicted octanol–water partition coefficient (Wildman–Crippen LogP) is 3.68. The lowest BCUT2D eigenvalue weighted by Crippen LogP contribution is -2.36. The van der Waals surface area contributed by atoms with Gasteiger partial charge in [-0.2, -0.15) is 13.2 Å². The quantitative estimate of drug-likeness (QED) is 0.731. The van der Waals surface area contributed by atoms with Crippen molar-refractivity contribution < 1.29 is 37.3 Å². The van der Waals surface area contributed by atoms with Crippen molar-refractivity contribution in [3.05, 3.63) is 52.0 Å². The first-order valence-electron chi connectivity index (χ1n) is 9.88. The maximum atomic E-state index is 12.7. The number of ether oxygens (including phenoxy) is 2. The van der Waals surface area contributed by atoms with E-state index in [2.05, 4.69) is 4.98 Å². The minimum atomic E-state index is -5.08. The number of pyridine rings is 1. The largest absolute Gasteiger partial charge is 0.490 e. The van der Waals surface area contributed by atoms with Crippen LogP contribution in [0.25, 0.3) is 0 Å². The van der Waals surface area contributed by atoms with Gasteiger partial charge < -0.3 is 19.5 Å². The van der Waals surface area contributed by atoms with Crippen LogP contribution in [0.2, 0.25) is 0 Å². The van der Waals surface area contributed by atoms with E-state index in [0.717, 1.165) is 35.4 Å². The van der Waals surface area contributed by atoms with Gasteiger partial charge in [0.05, 0.1) is 36.3 Å². The third-order valence-corrected chi connectivity index (χ3v) is 6.32. The van der Waals surface area contributed by atoms with Crippen molar-refractivity contribution in [1.29, 1.82) is 0 Å². The fraction of sp³-hybridized carbons (Fsp3) is 0.476. The van der Waals surface area contributed by atoms with Crippen molar-refractivity contribution in [2.75, 3.05) is 19.7 Å². The molecule has 4 rings (SSSR count). The second-order valence-corrected chi connectivity index (χ2v) is 8.62. The standard InChI is InChI=1S/C19H22N2O3S.C2HF3O2/c1-14-4-9-25-17(14)18(22)21-8-5-19(13-21)10-16(12-24-19)23-11-15-2-6-20-7-3-15;3-2(4,5)1(6)7/h2-4,6-7,9,16H,5,8,10-13H2,1H3;(H,6,7)/t16-,19-;/m0./s1. The Morgan fingerprint density at radius 2 is 2.03 bits per heavy atom. The molecule has 0 aromatic carbocycles. The summed E-state index contributed by atoms with van der Waals surface area (Å²) in [5.41, 5.74) is 1.94. The molecule has 7 nitrogen and oxygen atoms in total. The predicted molar refractivity (Wildman–Crippen MR) is 109 cm³/mol. The van der Waals surface area contributed by atoms with Gasteiger partial charge in [-0.25, -0.2) is 4.79 Å². The number of aliphatic carboxylic acids is 1. The minimum absolute atomic E-state index is 0.0895. The van der Waals surface area contributed by atoms with Crippen molar-refractivity contribution in [3.63, 3.8) is 0 Å². The highest BCUT2D eigenvalue weighted by Crippen LogP contribution is 2.37. The molecule has 0 aliphatic carbocycles. The molecule has 2 aliphatic heterocycles. The van der Waals surface area contributed by atoms with Gasteiger partial charge in [0.1, 0.15) is 0 Å². The number of aryl methyl sites for hydroxylation is 1. The number of halogens is 3. The van der Waals surface area contributed by atoms with Gasteiger partial charge >= 0.3 is 12.1 Å². The van der Waals surface area contributed by atoms with Gasteiger partial charge in [-0.05, 0) is 48.1 Å². The van der Waals surface area contributed by atoms with Crippen LogP contribution < -0.4 is 0 Å². The van der Waals surface area contributed by atoms with E-state index in [0.29, 0.717) is 19.8 Å². The highest BCUT2D eigenvalue weighted by atomic mass is 32.1. The normalized spacial score (nSPS) is 22.6. The molecule has 1 amide bonds. The number of aromatic nitrogens is 1. The number of alkyl halides is 3. The van der Waals surface area contributed by atoms with Crippen LogP contribution in [-0.4, -0.2) is 64.4 Å². The number of rotatable bonds is 4. The van der Waals surface area contributed by atoms with Gasteiger partial charge in [0.15, 0.2) is 0 Å². The highest BCUT2D eigenvalue weighted by Gasteiger charge is 2.47. The average molecular weight is 472 g/mol. The topological polar surface area (TPSA) is 89.0 Å². The van der Waals surface area contributed by atoms with Gasteiger partial charge in [-0.3, -0.25) is 9.78 Å². The van der Waals surface area contributed by atoms with E-state index in [4.69, 9.17) is 19.4 Å². The van der Waals surface area contributed by atoms with Crippen LogP contribution in [0.5, 0.6) is 0 Å². The van der Waals surface area contributed by atoms with Gasteiger partial charge in [0, 0.05) is 25.4 Å². The van der Waals surface area contributed by atoms with Gasteiger partial charge in [-0.1, -0.05) is 0 Å². The Morgan fingerprint density at radius 1 is 1.34 bits per heavy atom. The van der Waals surface area contributed by atoms with Crippen molar-refractivity contribution in [1.82, 2.24) is 9.88 Å². The zero-order valence-electron chi connectivity index (χ0n) is 17.3.